The first kappa shape index (κ1) is 44.0. The largest absolute Gasteiger partial charge is 0.493 e. The van der Waals surface area contributed by atoms with Gasteiger partial charge in [0.1, 0.15) is 30.0 Å². The molecule has 1 saturated heterocycles. The molecule has 0 spiro atoms. The van der Waals surface area contributed by atoms with Gasteiger partial charge in [-0.2, -0.15) is 0 Å². The van der Waals surface area contributed by atoms with Gasteiger partial charge in [0.05, 0.1) is 13.2 Å². The van der Waals surface area contributed by atoms with Gasteiger partial charge in [0, 0.05) is 38.0 Å². The number of rotatable bonds is 13. The number of alkyl carbamates (subject to hydrolysis) is 1. The van der Waals surface area contributed by atoms with Gasteiger partial charge in [-0.15, -0.1) is 0 Å². The van der Waals surface area contributed by atoms with Crippen LogP contribution in [0.2, 0.25) is 0 Å². The Labute approximate surface area is 329 Å². The summed E-state index contributed by atoms with van der Waals surface area (Å²) in [7, 11) is 1.47. The van der Waals surface area contributed by atoms with E-state index in [1.54, 1.807) is 32.6 Å². The van der Waals surface area contributed by atoms with Gasteiger partial charge in [0.15, 0.2) is 17.4 Å². The van der Waals surface area contributed by atoms with Gasteiger partial charge in [0.2, 0.25) is 11.8 Å². The number of nitrogens with zero attached hydrogens (tertiary/aromatic N) is 2. The molecule has 2 fully saturated rings. The fourth-order valence-electron chi connectivity index (χ4n) is 7.63. The maximum Gasteiger partial charge on any atom is 0.410 e. The Hall–Kier alpha value is -4.75. The molecular weight excluding hydrogens is 726 g/mol. The molecule has 2 aliphatic rings. The average Bonchev–Trinajstić information content (AvgIpc) is 3.58. The molecule has 7 atom stereocenters. The van der Waals surface area contributed by atoms with E-state index in [1.807, 2.05) is 51.1 Å². The van der Waals surface area contributed by atoms with Gasteiger partial charge in [-0.05, 0) is 81.4 Å². The van der Waals surface area contributed by atoms with E-state index < -0.39 is 52.8 Å². The fraction of sp³-hybridized carbons (Fsp3) is 0.595. The van der Waals surface area contributed by atoms with Crippen LogP contribution in [0.25, 0.3) is 0 Å². The summed E-state index contributed by atoms with van der Waals surface area (Å²) in [5.41, 5.74) is -0.673. The third-order valence-corrected chi connectivity index (χ3v) is 10.8. The quantitative estimate of drug-likeness (QED) is 0.234. The van der Waals surface area contributed by atoms with Gasteiger partial charge < -0.3 is 29.7 Å². The monoisotopic (exact) mass is 784 g/mol. The van der Waals surface area contributed by atoms with Crippen LogP contribution in [0, 0.1) is 40.7 Å². The van der Waals surface area contributed by atoms with Crippen molar-refractivity contribution in [2.24, 2.45) is 29.1 Å². The second-order valence-electron chi connectivity index (χ2n) is 17.2. The van der Waals surface area contributed by atoms with E-state index in [2.05, 4.69) is 17.6 Å². The molecule has 0 bridgehead atoms. The Kier molecular flexibility index (Phi) is 14.5. The minimum atomic E-state index is -1.05. The summed E-state index contributed by atoms with van der Waals surface area (Å²) < 4.78 is 44.6. The highest BCUT2D eigenvalue weighted by Gasteiger charge is 2.52. The lowest BCUT2D eigenvalue weighted by molar-refractivity contribution is -0.144. The maximum absolute atomic E-state index is 14.6. The first-order valence-corrected chi connectivity index (χ1v) is 19.3. The standard InChI is InChI=1S/C42H58F2N4O8/c1-25-28(20-30(49)22-45-39(52)55-23-27-13-11-10-12-14-27)19-29(24-54-31-15-16-33(43)34(44)21-31)35-32(25)17-18-48(35)38(51)36(41(3,4)5)46-37(50)26(2)47(9)40(53)56-42(6,7)8/h10-16,21,25-26,28-29,32,35-36H,17-20,22-24H2,1-9H3,(H,45,52)(H,46,50). The van der Waals surface area contributed by atoms with Crippen LogP contribution in [-0.4, -0.2) is 90.1 Å². The Bertz CT molecular complexity index is 1710. The van der Waals surface area contributed by atoms with Crippen LogP contribution in [-0.2, 0) is 30.5 Å². The summed E-state index contributed by atoms with van der Waals surface area (Å²) in [6.07, 6.45) is -0.0927. The fourth-order valence-corrected chi connectivity index (χ4v) is 7.63. The Balaban J connectivity index is 1.50. The second kappa shape index (κ2) is 18.5. The molecule has 4 amide bonds. The van der Waals surface area contributed by atoms with Gasteiger partial charge >= 0.3 is 12.2 Å². The first-order chi connectivity index (χ1) is 26.2. The SMILES string of the molecule is CC1C(CC(=O)CNC(=O)OCc2ccccc2)CC(COc2ccc(F)c(F)c2)C2C1CCN2C(=O)C(NC(=O)C(C)N(C)C(=O)OC(C)(C)C)C(C)(C)C. The average molecular weight is 785 g/mol. The van der Waals surface area contributed by atoms with Crippen molar-refractivity contribution in [1.82, 2.24) is 20.4 Å². The first-order valence-electron chi connectivity index (χ1n) is 19.3. The number of carbonyl (C=O) groups excluding carboxylic acids is 5. The molecule has 12 nitrogen and oxygen atoms in total. The van der Waals surface area contributed by atoms with Crippen molar-refractivity contribution < 1.29 is 47.0 Å². The predicted octanol–water partition coefficient (Wildman–Crippen LogP) is 6.50. The van der Waals surface area contributed by atoms with Gasteiger partial charge in [-0.25, -0.2) is 18.4 Å². The number of hydrogen-bond donors (Lipinski definition) is 2. The number of ether oxygens (including phenoxy) is 3. The highest BCUT2D eigenvalue weighted by Crippen LogP contribution is 2.48. The third kappa shape index (κ3) is 11.6. The summed E-state index contributed by atoms with van der Waals surface area (Å²) in [6, 6.07) is 10.2. The summed E-state index contributed by atoms with van der Waals surface area (Å²) in [4.78, 5) is 69.6. The Morgan fingerprint density at radius 3 is 2.27 bits per heavy atom. The smallest absolute Gasteiger partial charge is 0.410 e. The molecule has 1 saturated carbocycles. The zero-order valence-corrected chi connectivity index (χ0v) is 34.0. The number of benzene rings is 2. The van der Waals surface area contributed by atoms with Crippen molar-refractivity contribution in [3.8, 4) is 5.75 Å². The molecule has 308 valence electrons. The number of Topliss-reactive ketones (excluding diaryl/α,β-unsaturated/α-hetero) is 1. The van der Waals surface area contributed by atoms with E-state index in [4.69, 9.17) is 14.2 Å². The van der Waals surface area contributed by atoms with Crippen molar-refractivity contribution in [3.63, 3.8) is 0 Å². The minimum absolute atomic E-state index is 0.00326. The van der Waals surface area contributed by atoms with E-state index in [0.717, 1.165) is 17.7 Å². The molecule has 0 aromatic heterocycles. The van der Waals surface area contributed by atoms with Gasteiger partial charge in [-0.1, -0.05) is 58.0 Å². The van der Waals surface area contributed by atoms with E-state index in [-0.39, 0.29) is 73.3 Å². The van der Waals surface area contributed by atoms with Gasteiger partial charge in [-0.3, -0.25) is 19.3 Å². The van der Waals surface area contributed by atoms with E-state index in [1.165, 1.54) is 18.0 Å². The summed E-state index contributed by atoms with van der Waals surface area (Å²) >= 11 is 0. The third-order valence-electron chi connectivity index (χ3n) is 10.8. The van der Waals surface area contributed by atoms with Crippen molar-refractivity contribution in [1.29, 1.82) is 0 Å². The molecule has 1 aliphatic carbocycles. The molecule has 56 heavy (non-hydrogen) atoms. The lowest BCUT2D eigenvalue weighted by Gasteiger charge is -2.46. The van der Waals surface area contributed by atoms with Crippen LogP contribution in [0.5, 0.6) is 5.75 Å². The minimum Gasteiger partial charge on any atom is -0.493 e. The highest BCUT2D eigenvalue weighted by molar-refractivity contribution is 5.92. The van der Waals surface area contributed by atoms with Crippen molar-refractivity contribution >= 4 is 29.8 Å². The van der Waals surface area contributed by atoms with Gasteiger partial charge in [0.25, 0.3) is 0 Å². The van der Waals surface area contributed by atoms with Crippen molar-refractivity contribution in [2.75, 3.05) is 26.7 Å². The van der Waals surface area contributed by atoms with Crippen LogP contribution < -0.4 is 15.4 Å². The van der Waals surface area contributed by atoms with Crippen LogP contribution in [0.4, 0.5) is 18.4 Å². The highest BCUT2D eigenvalue weighted by atomic mass is 19.2. The number of likely N-dealkylation sites (tertiary alicyclic amines) is 1. The zero-order chi connectivity index (χ0) is 41.5. The summed E-state index contributed by atoms with van der Waals surface area (Å²) in [5.74, 6) is -3.39. The number of fused-ring (bicyclic) bond motifs is 1. The van der Waals surface area contributed by atoms with E-state index >= 15 is 0 Å². The zero-order valence-electron chi connectivity index (χ0n) is 34.0. The summed E-state index contributed by atoms with van der Waals surface area (Å²) in [5, 5.41) is 5.47. The van der Waals surface area contributed by atoms with Crippen LogP contribution in [0.3, 0.4) is 0 Å². The van der Waals surface area contributed by atoms with E-state index in [0.29, 0.717) is 19.4 Å². The molecule has 1 heterocycles. The van der Waals surface area contributed by atoms with Crippen LogP contribution >= 0.6 is 0 Å². The maximum atomic E-state index is 14.6. The Morgan fingerprint density at radius 2 is 1.64 bits per heavy atom. The number of likely N-dealkylation sites (N-methyl/N-ethyl adjacent to an activating group) is 1. The lowest BCUT2D eigenvalue weighted by atomic mass is 9.64. The normalized spacial score (nSPS) is 21.9. The number of ketones is 1. The molecule has 0 radical (unpaired) electrons. The molecule has 2 N–H and O–H groups in total. The molecular formula is C42H58F2N4O8. The second-order valence-corrected chi connectivity index (χ2v) is 17.2. The summed E-state index contributed by atoms with van der Waals surface area (Å²) in [6.45, 7) is 14.7. The van der Waals surface area contributed by atoms with Crippen molar-refractivity contribution in [2.45, 2.75) is 105 Å². The number of amides is 4. The lowest BCUT2D eigenvalue weighted by Crippen LogP contribution is -2.61. The number of carbonyl (C=O) groups is 5. The molecule has 2 aromatic carbocycles. The molecule has 4 rings (SSSR count). The molecule has 14 heteroatoms. The molecule has 1 aliphatic heterocycles. The van der Waals surface area contributed by atoms with Crippen LogP contribution in [0.15, 0.2) is 48.5 Å². The Morgan fingerprint density at radius 1 is 0.964 bits per heavy atom. The topological polar surface area (TPSA) is 144 Å². The number of nitrogens with one attached hydrogen (secondary N) is 2. The molecule has 7 unspecified atom stereocenters. The predicted molar refractivity (Wildman–Crippen MR) is 205 cm³/mol. The van der Waals surface area contributed by atoms with Crippen LogP contribution in [0.1, 0.15) is 80.2 Å². The van der Waals surface area contributed by atoms with E-state index in [9.17, 15) is 32.8 Å². The molecule has 2 aromatic rings. The number of hydrogen-bond acceptors (Lipinski definition) is 8. The van der Waals surface area contributed by atoms with Crippen molar-refractivity contribution in [3.05, 3.63) is 65.7 Å². The number of halogens is 2.